The lowest BCUT2D eigenvalue weighted by Gasteiger charge is -1.99. The molecule has 0 spiro atoms. The normalized spacial score (nSPS) is 9.73. The molecule has 1 aromatic rings. The molecule has 0 amide bonds. The molecule has 5 heteroatoms. The molecule has 11 heavy (non-hydrogen) atoms. The Bertz CT molecular complexity index is 256. The third-order valence-corrected chi connectivity index (χ3v) is 1.81. The van der Waals surface area contributed by atoms with Gasteiger partial charge in [-0.05, 0) is 22.6 Å². The minimum Gasteiger partial charge on any atom is -0.446 e. The minimum absolute atomic E-state index is 0.0956. The van der Waals surface area contributed by atoms with E-state index in [0.29, 0.717) is 3.57 Å². The highest BCUT2D eigenvalue weighted by Crippen LogP contribution is 2.14. The van der Waals surface area contributed by atoms with E-state index in [0.717, 1.165) is 6.20 Å². The number of alkyl halides is 1. The van der Waals surface area contributed by atoms with E-state index in [2.05, 4.69) is 9.72 Å². The van der Waals surface area contributed by atoms with Crippen molar-refractivity contribution in [2.75, 3.05) is 6.86 Å². The van der Waals surface area contributed by atoms with Crippen LogP contribution in [0.5, 0.6) is 5.88 Å². The lowest BCUT2D eigenvalue weighted by molar-refractivity contribution is 0.184. The Morgan fingerprint density at radius 1 is 1.64 bits per heavy atom. The van der Waals surface area contributed by atoms with Crippen LogP contribution in [-0.4, -0.2) is 11.8 Å². The summed E-state index contributed by atoms with van der Waals surface area (Å²) in [5.41, 5.74) is 0. The molecule has 1 rings (SSSR count). The minimum atomic E-state index is -0.950. The monoisotopic (exact) mass is 271 g/mol. The van der Waals surface area contributed by atoms with Crippen LogP contribution in [0, 0.1) is 9.39 Å². The molecule has 0 saturated heterocycles. The Labute approximate surface area is 75.7 Å². The first-order valence-electron chi connectivity index (χ1n) is 2.74. The SMILES string of the molecule is FCOc1cc(I)c(F)cn1. The Balaban J connectivity index is 2.86. The highest BCUT2D eigenvalue weighted by Gasteiger charge is 2.01. The summed E-state index contributed by atoms with van der Waals surface area (Å²) in [6, 6.07) is 1.33. The van der Waals surface area contributed by atoms with Crippen molar-refractivity contribution in [1.29, 1.82) is 0 Å². The van der Waals surface area contributed by atoms with Crippen molar-refractivity contribution in [2.45, 2.75) is 0 Å². The zero-order chi connectivity index (χ0) is 8.27. The van der Waals surface area contributed by atoms with Gasteiger partial charge in [-0.3, -0.25) is 0 Å². The molecule has 0 bridgehead atoms. The molecule has 0 N–H and O–H groups in total. The summed E-state index contributed by atoms with van der Waals surface area (Å²) >= 11 is 1.77. The van der Waals surface area contributed by atoms with Crippen molar-refractivity contribution in [2.24, 2.45) is 0 Å². The topological polar surface area (TPSA) is 22.1 Å². The predicted molar refractivity (Wildman–Crippen MR) is 43.5 cm³/mol. The van der Waals surface area contributed by atoms with Crippen LogP contribution in [0.15, 0.2) is 12.3 Å². The molecular formula is C6H4F2INO. The molecule has 1 heterocycles. The molecule has 2 nitrogen and oxygen atoms in total. The lowest BCUT2D eigenvalue weighted by Crippen LogP contribution is -1.94. The molecule has 0 radical (unpaired) electrons. The fourth-order valence-corrected chi connectivity index (χ4v) is 0.937. The van der Waals surface area contributed by atoms with Gasteiger partial charge in [0.2, 0.25) is 12.7 Å². The van der Waals surface area contributed by atoms with Crippen LogP contribution in [0.4, 0.5) is 8.78 Å². The summed E-state index contributed by atoms with van der Waals surface area (Å²) < 4.78 is 28.8. The number of hydrogen-bond donors (Lipinski definition) is 0. The standard InChI is InChI=1S/C6H4F2INO/c7-3-11-6-1-5(9)4(8)2-10-6/h1-2H,3H2. The molecule has 1 aromatic heterocycles. The molecule has 0 aromatic carbocycles. The fraction of sp³-hybridized carbons (Fsp3) is 0.167. The lowest BCUT2D eigenvalue weighted by atomic mass is 10.5. The van der Waals surface area contributed by atoms with Crippen LogP contribution in [0.1, 0.15) is 0 Å². The predicted octanol–water partition coefficient (Wildman–Crippen LogP) is 2.13. The van der Waals surface area contributed by atoms with Crippen molar-refractivity contribution in [3.05, 3.63) is 21.7 Å². The summed E-state index contributed by atoms with van der Waals surface area (Å²) in [4.78, 5) is 3.49. The van der Waals surface area contributed by atoms with Gasteiger partial charge in [-0.2, -0.15) is 0 Å². The first-order valence-corrected chi connectivity index (χ1v) is 3.81. The third kappa shape index (κ3) is 2.25. The van der Waals surface area contributed by atoms with Gasteiger partial charge in [-0.1, -0.05) is 0 Å². The number of ether oxygens (including phenoxy) is 1. The van der Waals surface area contributed by atoms with Crippen molar-refractivity contribution in [3.63, 3.8) is 0 Å². The van der Waals surface area contributed by atoms with Crippen LogP contribution in [-0.2, 0) is 0 Å². The molecule has 0 aliphatic heterocycles. The fourth-order valence-electron chi connectivity index (χ4n) is 0.531. The van der Waals surface area contributed by atoms with E-state index < -0.39 is 12.7 Å². The smallest absolute Gasteiger partial charge is 0.230 e. The average molecular weight is 271 g/mol. The Kier molecular flexibility index (Phi) is 2.98. The zero-order valence-corrected chi connectivity index (χ0v) is 7.51. The van der Waals surface area contributed by atoms with Gasteiger partial charge >= 0.3 is 0 Å². The largest absolute Gasteiger partial charge is 0.446 e. The number of nitrogens with zero attached hydrogens (tertiary/aromatic N) is 1. The van der Waals surface area contributed by atoms with E-state index >= 15 is 0 Å². The number of pyridine rings is 1. The Morgan fingerprint density at radius 2 is 2.36 bits per heavy atom. The summed E-state index contributed by atoms with van der Waals surface area (Å²) in [5, 5.41) is 0. The molecule has 0 aliphatic carbocycles. The summed E-state index contributed by atoms with van der Waals surface area (Å²) in [7, 11) is 0. The third-order valence-electron chi connectivity index (χ3n) is 0.986. The van der Waals surface area contributed by atoms with Crippen LogP contribution in [0.25, 0.3) is 0 Å². The highest BCUT2D eigenvalue weighted by molar-refractivity contribution is 14.1. The molecule has 60 valence electrons. The van der Waals surface area contributed by atoms with Gasteiger partial charge in [0.25, 0.3) is 0 Å². The van der Waals surface area contributed by atoms with E-state index in [1.54, 1.807) is 22.6 Å². The van der Waals surface area contributed by atoms with Gasteiger partial charge in [-0.25, -0.2) is 13.8 Å². The Hall–Kier alpha value is -0.460. The molecule has 0 saturated carbocycles. The van der Waals surface area contributed by atoms with E-state index in [4.69, 9.17) is 0 Å². The van der Waals surface area contributed by atoms with Crippen molar-refractivity contribution < 1.29 is 13.5 Å². The van der Waals surface area contributed by atoms with Crippen molar-refractivity contribution in [1.82, 2.24) is 4.98 Å². The second-order valence-corrected chi connectivity index (χ2v) is 2.85. The van der Waals surface area contributed by atoms with Gasteiger partial charge in [0.05, 0.1) is 9.77 Å². The number of rotatable bonds is 2. The van der Waals surface area contributed by atoms with E-state index in [-0.39, 0.29) is 5.88 Å². The Morgan fingerprint density at radius 3 is 2.91 bits per heavy atom. The first kappa shape index (κ1) is 8.63. The van der Waals surface area contributed by atoms with Gasteiger partial charge in [0, 0.05) is 6.07 Å². The van der Waals surface area contributed by atoms with E-state index in [1.807, 2.05) is 0 Å². The summed E-state index contributed by atoms with van der Waals surface area (Å²) in [6.45, 7) is -0.950. The number of halogens is 3. The zero-order valence-electron chi connectivity index (χ0n) is 5.35. The average Bonchev–Trinajstić information content (AvgIpc) is 1.98. The maximum Gasteiger partial charge on any atom is 0.230 e. The number of aromatic nitrogens is 1. The van der Waals surface area contributed by atoms with Crippen LogP contribution in [0.2, 0.25) is 0 Å². The summed E-state index contributed by atoms with van der Waals surface area (Å²) in [5.74, 6) is -0.338. The van der Waals surface area contributed by atoms with Crippen molar-refractivity contribution in [3.8, 4) is 5.88 Å². The first-order chi connectivity index (χ1) is 5.24. The molecular weight excluding hydrogens is 267 g/mol. The maximum absolute atomic E-state index is 12.5. The van der Waals surface area contributed by atoms with Gasteiger partial charge in [0.15, 0.2) is 5.82 Å². The molecule has 0 unspecified atom stereocenters. The number of hydrogen-bond acceptors (Lipinski definition) is 2. The second-order valence-electron chi connectivity index (χ2n) is 1.69. The van der Waals surface area contributed by atoms with Gasteiger partial charge < -0.3 is 4.74 Å². The summed E-state index contributed by atoms with van der Waals surface area (Å²) in [6.07, 6.45) is 0.993. The van der Waals surface area contributed by atoms with Gasteiger partial charge in [-0.15, -0.1) is 0 Å². The highest BCUT2D eigenvalue weighted by atomic mass is 127. The van der Waals surface area contributed by atoms with Crippen LogP contribution < -0.4 is 4.74 Å². The molecule has 0 fully saturated rings. The molecule has 0 aliphatic rings. The van der Waals surface area contributed by atoms with E-state index in [9.17, 15) is 8.78 Å². The quantitative estimate of drug-likeness (QED) is 0.769. The van der Waals surface area contributed by atoms with Crippen molar-refractivity contribution >= 4 is 22.6 Å². The van der Waals surface area contributed by atoms with Crippen LogP contribution >= 0.6 is 22.6 Å². The van der Waals surface area contributed by atoms with E-state index in [1.165, 1.54) is 6.07 Å². The maximum atomic E-state index is 12.5. The van der Waals surface area contributed by atoms with Gasteiger partial charge in [0.1, 0.15) is 0 Å². The van der Waals surface area contributed by atoms with Crippen LogP contribution in [0.3, 0.4) is 0 Å². The molecule has 0 atom stereocenters. The second kappa shape index (κ2) is 3.80.